The minimum atomic E-state index is -0.642. The zero-order chi connectivity index (χ0) is 11.3. The topological polar surface area (TPSA) is 56.0 Å². The summed E-state index contributed by atoms with van der Waals surface area (Å²) in [6.45, 7) is 0. The third-order valence-corrected chi connectivity index (χ3v) is 4.04. The Morgan fingerprint density at radius 1 is 1.50 bits per heavy atom. The quantitative estimate of drug-likeness (QED) is 0.765. The van der Waals surface area contributed by atoms with Crippen LogP contribution in [0.4, 0.5) is 4.39 Å². The molecule has 3 rings (SSSR count). The third-order valence-electron chi connectivity index (χ3n) is 4.04. The second kappa shape index (κ2) is 3.03. The fourth-order valence-corrected chi connectivity index (χ4v) is 3.07. The first-order chi connectivity index (χ1) is 7.62. The summed E-state index contributed by atoms with van der Waals surface area (Å²) < 4.78 is 13.1. The van der Waals surface area contributed by atoms with Crippen molar-refractivity contribution in [1.29, 1.82) is 0 Å². The molecule has 1 aromatic rings. The van der Waals surface area contributed by atoms with Crippen molar-refractivity contribution in [2.75, 3.05) is 0 Å². The average Bonchev–Trinajstić information content (AvgIpc) is 2.86. The summed E-state index contributed by atoms with van der Waals surface area (Å²) in [7, 11) is 0. The van der Waals surface area contributed by atoms with E-state index in [1.165, 1.54) is 18.7 Å². The van der Waals surface area contributed by atoms with Crippen LogP contribution in [0.5, 0.6) is 0 Å². The molecule has 0 aliphatic heterocycles. The molecule has 2 atom stereocenters. The number of hydrogen-bond acceptors (Lipinski definition) is 2. The number of hydrogen-bond donors (Lipinski definition) is 1. The van der Waals surface area contributed by atoms with E-state index in [4.69, 9.17) is 5.73 Å². The van der Waals surface area contributed by atoms with E-state index in [2.05, 4.69) is 4.98 Å². The Morgan fingerprint density at radius 2 is 2.19 bits per heavy atom. The highest BCUT2D eigenvalue weighted by Gasteiger charge is 2.57. The van der Waals surface area contributed by atoms with Gasteiger partial charge < -0.3 is 5.73 Å². The van der Waals surface area contributed by atoms with Crippen molar-refractivity contribution >= 4 is 5.91 Å². The summed E-state index contributed by atoms with van der Waals surface area (Å²) in [5, 5.41) is 0. The van der Waals surface area contributed by atoms with E-state index >= 15 is 0 Å². The number of halogens is 1. The predicted octanol–water partition coefficient (Wildman–Crippen LogP) is 1.37. The van der Waals surface area contributed by atoms with E-state index < -0.39 is 11.4 Å². The van der Waals surface area contributed by atoms with Crippen LogP contribution in [0.25, 0.3) is 0 Å². The van der Waals surface area contributed by atoms with Crippen LogP contribution in [0.15, 0.2) is 18.3 Å². The standard InChI is InChI=1S/C12H13FN2O/c13-10-4-9(1-2-15-10)12(11(14)16)5-7-3-8(7)6-12/h1-2,4,7-8H,3,5-6H2,(H2,14,16). The number of carbonyl (C=O) groups excluding carboxylic acids is 1. The minimum absolute atomic E-state index is 0.328. The first-order valence-corrected chi connectivity index (χ1v) is 5.54. The van der Waals surface area contributed by atoms with E-state index in [-0.39, 0.29) is 5.91 Å². The van der Waals surface area contributed by atoms with Crippen LogP contribution < -0.4 is 5.73 Å². The summed E-state index contributed by atoms with van der Waals surface area (Å²) in [4.78, 5) is 15.2. The lowest BCUT2D eigenvalue weighted by Crippen LogP contribution is -2.40. The van der Waals surface area contributed by atoms with Gasteiger partial charge in [0.2, 0.25) is 11.9 Å². The van der Waals surface area contributed by atoms with Crippen molar-refractivity contribution < 1.29 is 9.18 Å². The second-order valence-corrected chi connectivity index (χ2v) is 4.98. The van der Waals surface area contributed by atoms with Gasteiger partial charge in [0.05, 0.1) is 5.41 Å². The van der Waals surface area contributed by atoms with Crippen molar-refractivity contribution in [1.82, 2.24) is 4.98 Å². The Bertz CT molecular complexity index is 450. The van der Waals surface area contributed by atoms with Crippen LogP contribution in [0, 0.1) is 17.8 Å². The Balaban J connectivity index is 2.03. The molecule has 0 bridgehead atoms. The molecule has 2 fully saturated rings. The van der Waals surface area contributed by atoms with Crippen LogP contribution in [0.3, 0.4) is 0 Å². The van der Waals surface area contributed by atoms with Gasteiger partial charge in [-0.05, 0) is 48.8 Å². The lowest BCUT2D eigenvalue weighted by Gasteiger charge is -2.27. The molecule has 84 valence electrons. The number of aromatic nitrogens is 1. The average molecular weight is 220 g/mol. The summed E-state index contributed by atoms with van der Waals surface area (Å²) in [5.41, 5.74) is 5.57. The molecule has 0 saturated heterocycles. The van der Waals surface area contributed by atoms with Gasteiger partial charge in [0.1, 0.15) is 0 Å². The van der Waals surface area contributed by atoms with Crippen molar-refractivity contribution in [2.24, 2.45) is 17.6 Å². The highest BCUT2D eigenvalue weighted by atomic mass is 19.1. The maximum absolute atomic E-state index is 13.1. The van der Waals surface area contributed by atoms with Crippen LogP contribution in [0.2, 0.25) is 0 Å². The Morgan fingerprint density at radius 3 is 2.75 bits per heavy atom. The maximum atomic E-state index is 13.1. The predicted molar refractivity (Wildman–Crippen MR) is 55.9 cm³/mol. The molecule has 1 amide bonds. The fourth-order valence-electron chi connectivity index (χ4n) is 3.07. The van der Waals surface area contributed by atoms with Gasteiger partial charge >= 0.3 is 0 Å². The summed E-state index contributed by atoms with van der Waals surface area (Å²) in [6.07, 6.45) is 4.15. The molecule has 4 heteroatoms. The van der Waals surface area contributed by atoms with Gasteiger partial charge in [-0.25, -0.2) is 4.98 Å². The maximum Gasteiger partial charge on any atom is 0.228 e. The number of nitrogens with zero attached hydrogens (tertiary/aromatic N) is 1. The zero-order valence-corrected chi connectivity index (χ0v) is 8.82. The normalized spacial score (nSPS) is 35.8. The summed E-state index contributed by atoms with van der Waals surface area (Å²) >= 11 is 0. The molecular formula is C12H13FN2O. The number of nitrogens with two attached hydrogens (primary N) is 1. The zero-order valence-electron chi connectivity index (χ0n) is 8.82. The minimum Gasteiger partial charge on any atom is -0.369 e. The molecule has 1 aromatic heterocycles. The van der Waals surface area contributed by atoms with Crippen LogP contribution in [0.1, 0.15) is 24.8 Å². The monoisotopic (exact) mass is 220 g/mol. The van der Waals surface area contributed by atoms with Gasteiger partial charge in [0.25, 0.3) is 0 Å². The molecule has 2 aliphatic carbocycles. The highest BCUT2D eigenvalue weighted by molar-refractivity contribution is 5.87. The first-order valence-electron chi connectivity index (χ1n) is 5.54. The molecule has 0 radical (unpaired) electrons. The molecule has 0 aromatic carbocycles. The number of rotatable bonds is 2. The van der Waals surface area contributed by atoms with Gasteiger partial charge in [0.15, 0.2) is 0 Å². The molecular weight excluding hydrogens is 207 g/mol. The van der Waals surface area contributed by atoms with Crippen LogP contribution in [-0.4, -0.2) is 10.9 Å². The van der Waals surface area contributed by atoms with E-state index in [1.807, 2.05) is 0 Å². The van der Waals surface area contributed by atoms with Crippen LogP contribution >= 0.6 is 0 Å². The van der Waals surface area contributed by atoms with E-state index in [0.717, 1.165) is 12.8 Å². The van der Waals surface area contributed by atoms with E-state index in [0.29, 0.717) is 17.4 Å². The molecule has 2 N–H and O–H groups in total. The first kappa shape index (κ1) is 9.75. The third kappa shape index (κ3) is 1.25. The molecule has 16 heavy (non-hydrogen) atoms. The van der Waals surface area contributed by atoms with Crippen molar-refractivity contribution in [2.45, 2.75) is 24.7 Å². The van der Waals surface area contributed by atoms with Gasteiger partial charge in [-0.2, -0.15) is 4.39 Å². The molecule has 1 heterocycles. The lowest BCUT2D eigenvalue weighted by molar-refractivity contribution is -0.123. The smallest absolute Gasteiger partial charge is 0.228 e. The number of amides is 1. The number of fused-ring (bicyclic) bond motifs is 1. The van der Waals surface area contributed by atoms with E-state index in [1.54, 1.807) is 6.07 Å². The van der Waals surface area contributed by atoms with Crippen molar-refractivity contribution in [3.8, 4) is 0 Å². The summed E-state index contributed by atoms with van der Waals surface area (Å²) in [6, 6.07) is 3.05. The summed E-state index contributed by atoms with van der Waals surface area (Å²) in [5.74, 6) is 0.358. The molecule has 2 unspecified atom stereocenters. The Hall–Kier alpha value is -1.45. The highest BCUT2D eigenvalue weighted by Crippen LogP contribution is 2.60. The fraction of sp³-hybridized carbons (Fsp3) is 0.500. The lowest BCUT2D eigenvalue weighted by atomic mass is 9.76. The number of pyridine rings is 1. The van der Waals surface area contributed by atoms with Crippen molar-refractivity contribution in [3.63, 3.8) is 0 Å². The molecule has 0 spiro atoms. The number of carbonyl (C=O) groups is 1. The van der Waals surface area contributed by atoms with Crippen molar-refractivity contribution in [3.05, 3.63) is 29.8 Å². The molecule has 2 aliphatic rings. The SMILES string of the molecule is NC(=O)C1(c2ccnc(F)c2)CC2CC2C1. The largest absolute Gasteiger partial charge is 0.369 e. The number of primary amides is 1. The second-order valence-electron chi connectivity index (χ2n) is 4.98. The van der Waals surface area contributed by atoms with Gasteiger partial charge in [-0.1, -0.05) is 0 Å². The van der Waals surface area contributed by atoms with Gasteiger partial charge in [0, 0.05) is 6.20 Å². The van der Waals surface area contributed by atoms with E-state index in [9.17, 15) is 9.18 Å². The van der Waals surface area contributed by atoms with Gasteiger partial charge in [-0.3, -0.25) is 4.79 Å². The molecule has 3 nitrogen and oxygen atoms in total. The van der Waals surface area contributed by atoms with Gasteiger partial charge in [-0.15, -0.1) is 0 Å². The van der Waals surface area contributed by atoms with Crippen LogP contribution in [-0.2, 0) is 10.2 Å². The molecule has 2 saturated carbocycles. The Labute approximate surface area is 92.9 Å². The Kier molecular flexibility index (Phi) is 1.85.